The smallest absolute Gasteiger partial charge is 0.134 e. The van der Waals surface area contributed by atoms with Gasteiger partial charge in [-0.25, -0.2) is 4.39 Å². The number of benzene rings is 2. The molecule has 4 heteroatoms. The van der Waals surface area contributed by atoms with Gasteiger partial charge in [0.25, 0.3) is 0 Å². The van der Waals surface area contributed by atoms with E-state index in [0.29, 0.717) is 11.6 Å². The molecule has 0 amide bonds. The molecule has 3 rings (SSSR count). The van der Waals surface area contributed by atoms with E-state index < -0.39 is 0 Å². The summed E-state index contributed by atoms with van der Waals surface area (Å²) in [5, 5.41) is 3.60. The second-order valence-electron chi connectivity index (χ2n) is 6.01. The van der Waals surface area contributed by atoms with Gasteiger partial charge in [-0.3, -0.25) is 0 Å². The van der Waals surface area contributed by atoms with Crippen molar-refractivity contribution in [2.45, 2.75) is 44.9 Å². The Kier molecular flexibility index (Phi) is 5.68. The molecule has 0 spiro atoms. The number of halogens is 2. The molecule has 1 saturated carbocycles. The Morgan fingerprint density at radius 1 is 1.13 bits per heavy atom. The van der Waals surface area contributed by atoms with E-state index in [2.05, 4.69) is 33.4 Å². The van der Waals surface area contributed by atoms with Gasteiger partial charge in [-0.2, -0.15) is 0 Å². The molecule has 0 radical (unpaired) electrons. The molecule has 1 fully saturated rings. The molecule has 23 heavy (non-hydrogen) atoms. The lowest BCUT2D eigenvalue weighted by Crippen LogP contribution is -2.25. The Hall–Kier alpha value is -1.39. The zero-order valence-electron chi connectivity index (χ0n) is 13.0. The minimum absolute atomic E-state index is 0.227. The molecule has 0 aliphatic heterocycles. The fourth-order valence-corrected chi connectivity index (χ4v) is 3.48. The lowest BCUT2D eigenvalue weighted by molar-refractivity contribution is 0.298. The summed E-state index contributed by atoms with van der Waals surface area (Å²) < 4.78 is 20.2. The summed E-state index contributed by atoms with van der Waals surface area (Å²) in [5.41, 5.74) is 1.79. The summed E-state index contributed by atoms with van der Waals surface area (Å²) in [5.74, 6) is 0.499. The molecule has 0 bridgehead atoms. The Labute approximate surface area is 145 Å². The van der Waals surface area contributed by atoms with Crippen LogP contribution in [0.25, 0.3) is 0 Å². The molecule has 1 aliphatic rings. The maximum Gasteiger partial charge on any atom is 0.134 e. The van der Waals surface area contributed by atoms with E-state index in [1.807, 2.05) is 12.1 Å². The Balaban J connectivity index is 1.57. The third kappa shape index (κ3) is 4.55. The fraction of sp³-hybridized carbons (Fsp3) is 0.368. The molecular formula is C19H21BrFNO. The van der Waals surface area contributed by atoms with Crippen molar-refractivity contribution in [2.75, 3.05) is 0 Å². The normalized spacial score (nSPS) is 15.0. The van der Waals surface area contributed by atoms with Crippen molar-refractivity contribution in [3.8, 4) is 5.75 Å². The first-order chi connectivity index (χ1) is 11.2. The van der Waals surface area contributed by atoms with Crippen LogP contribution in [0, 0.1) is 5.82 Å². The number of rotatable bonds is 6. The van der Waals surface area contributed by atoms with Crippen LogP contribution in [0.2, 0.25) is 0 Å². The van der Waals surface area contributed by atoms with Crippen molar-refractivity contribution in [1.29, 1.82) is 0 Å². The van der Waals surface area contributed by atoms with Gasteiger partial charge in [-0.05, 0) is 52.5 Å². The van der Waals surface area contributed by atoms with Gasteiger partial charge in [0.1, 0.15) is 18.2 Å². The number of nitrogens with one attached hydrogen (secondary N) is 1. The molecule has 0 atom stereocenters. The predicted octanol–water partition coefficient (Wildman–Crippen LogP) is 5.20. The Bertz CT molecular complexity index is 656. The second-order valence-corrected chi connectivity index (χ2v) is 6.86. The predicted molar refractivity (Wildman–Crippen MR) is 94.0 cm³/mol. The van der Waals surface area contributed by atoms with Crippen molar-refractivity contribution >= 4 is 15.9 Å². The average molecular weight is 378 g/mol. The van der Waals surface area contributed by atoms with E-state index in [-0.39, 0.29) is 12.4 Å². The van der Waals surface area contributed by atoms with Crippen LogP contribution in [0.1, 0.15) is 36.8 Å². The zero-order chi connectivity index (χ0) is 16.1. The van der Waals surface area contributed by atoms with Crippen LogP contribution in [0.15, 0.2) is 46.9 Å². The summed E-state index contributed by atoms with van der Waals surface area (Å²) in [7, 11) is 0. The van der Waals surface area contributed by atoms with Gasteiger partial charge in [0, 0.05) is 18.2 Å². The van der Waals surface area contributed by atoms with Crippen LogP contribution >= 0.6 is 15.9 Å². The van der Waals surface area contributed by atoms with Crippen molar-refractivity contribution in [3.05, 3.63) is 63.9 Å². The summed E-state index contributed by atoms with van der Waals surface area (Å²) in [6.45, 7) is 1.10. The van der Waals surface area contributed by atoms with Gasteiger partial charge in [0.15, 0.2) is 0 Å². The van der Waals surface area contributed by atoms with E-state index >= 15 is 0 Å². The Morgan fingerprint density at radius 2 is 1.91 bits per heavy atom. The molecule has 122 valence electrons. The van der Waals surface area contributed by atoms with Crippen LogP contribution in [-0.4, -0.2) is 6.04 Å². The maximum absolute atomic E-state index is 13.6. The standard InChI is InChI=1S/C19H21BrFNO/c20-17-11-14(12-22-16-6-2-3-7-16)9-10-19(17)23-13-15-5-1-4-8-18(15)21/h1,4-5,8-11,16,22H,2-3,6-7,12-13H2. The third-order valence-corrected chi connectivity index (χ3v) is 4.91. The van der Waals surface area contributed by atoms with Crippen molar-refractivity contribution in [1.82, 2.24) is 5.32 Å². The van der Waals surface area contributed by atoms with Crippen molar-refractivity contribution in [3.63, 3.8) is 0 Å². The SMILES string of the molecule is Fc1ccccc1COc1ccc(CNC2CCCC2)cc1Br. The first-order valence-electron chi connectivity index (χ1n) is 8.10. The highest BCUT2D eigenvalue weighted by Gasteiger charge is 2.14. The van der Waals surface area contributed by atoms with E-state index in [1.165, 1.54) is 37.3 Å². The van der Waals surface area contributed by atoms with Crippen LogP contribution in [0.5, 0.6) is 5.75 Å². The number of hydrogen-bond acceptors (Lipinski definition) is 2. The Morgan fingerprint density at radius 3 is 2.65 bits per heavy atom. The molecular weight excluding hydrogens is 357 g/mol. The minimum atomic E-state index is -0.235. The molecule has 1 aliphatic carbocycles. The summed E-state index contributed by atoms with van der Waals surface area (Å²) in [4.78, 5) is 0. The molecule has 0 heterocycles. The van der Waals surface area contributed by atoms with Crippen LogP contribution in [0.3, 0.4) is 0 Å². The first kappa shape index (κ1) is 16.5. The fourth-order valence-electron chi connectivity index (χ4n) is 2.93. The van der Waals surface area contributed by atoms with E-state index in [0.717, 1.165) is 16.8 Å². The second kappa shape index (κ2) is 7.93. The number of hydrogen-bond donors (Lipinski definition) is 1. The summed E-state index contributed by atoms with van der Waals surface area (Å²) in [6, 6.07) is 13.4. The van der Waals surface area contributed by atoms with Crippen molar-refractivity contribution < 1.29 is 9.13 Å². The third-order valence-electron chi connectivity index (χ3n) is 4.29. The van der Waals surface area contributed by atoms with Crippen LogP contribution < -0.4 is 10.1 Å². The van der Waals surface area contributed by atoms with Gasteiger partial charge >= 0.3 is 0 Å². The highest BCUT2D eigenvalue weighted by Crippen LogP contribution is 2.27. The van der Waals surface area contributed by atoms with Gasteiger partial charge < -0.3 is 10.1 Å². The van der Waals surface area contributed by atoms with E-state index in [9.17, 15) is 4.39 Å². The highest BCUT2D eigenvalue weighted by molar-refractivity contribution is 9.10. The maximum atomic E-state index is 13.6. The average Bonchev–Trinajstić information content (AvgIpc) is 3.07. The largest absolute Gasteiger partial charge is 0.488 e. The van der Waals surface area contributed by atoms with E-state index in [1.54, 1.807) is 12.1 Å². The van der Waals surface area contributed by atoms with Crippen molar-refractivity contribution in [2.24, 2.45) is 0 Å². The molecule has 2 aromatic rings. The van der Waals surface area contributed by atoms with Gasteiger partial charge in [-0.1, -0.05) is 37.1 Å². The molecule has 2 nitrogen and oxygen atoms in total. The molecule has 2 aromatic carbocycles. The van der Waals surface area contributed by atoms with Gasteiger partial charge in [-0.15, -0.1) is 0 Å². The minimum Gasteiger partial charge on any atom is -0.488 e. The van der Waals surface area contributed by atoms with Gasteiger partial charge in [0.05, 0.1) is 4.47 Å². The summed E-state index contributed by atoms with van der Waals surface area (Å²) >= 11 is 3.55. The topological polar surface area (TPSA) is 21.3 Å². The van der Waals surface area contributed by atoms with Gasteiger partial charge in [0.2, 0.25) is 0 Å². The molecule has 1 N–H and O–H groups in total. The lowest BCUT2D eigenvalue weighted by atomic mass is 10.2. The number of ether oxygens (including phenoxy) is 1. The zero-order valence-corrected chi connectivity index (χ0v) is 14.6. The van der Waals surface area contributed by atoms with E-state index in [4.69, 9.17) is 4.74 Å². The monoisotopic (exact) mass is 377 g/mol. The molecule has 0 saturated heterocycles. The highest BCUT2D eigenvalue weighted by atomic mass is 79.9. The quantitative estimate of drug-likeness (QED) is 0.746. The molecule has 0 aromatic heterocycles. The molecule has 0 unspecified atom stereocenters. The first-order valence-corrected chi connectivity index (χ1v) is 8.89. The van der Waals surface area contributed by atoms with Crippen LogP contribution in [0.4, 0.5) is 4.39 Å². The lowest BCUT2D eigenvalue weighted by Gasteiger charge is -2.13. The summed E-state index contributed by atoms with van der Waals surface area (Å²) in [6.07, 6.45) is 5.24. The van der Waals surface area contributed by atoms with Crippen LogP contribution in [-0.2, 0) is 13.2 Å².